The van der Waals surface area contributed by atoms with Crippen LogP contribution in [0.5, 0.6) is 11.5 Å². The lowest BCUT2D eigenvalue weighted by Crippen LogP contribution is -2.47. The van der Waals surface area contributed by atoms with E-state index in [1.165, 1.54) is 6.42 Å². The van der Waals surface area contributed by atoms with Crippen LogP contribution >= 0.6 is 24.0 Å². The average Bonchev–Trinajstić information content (AvgIpc) is 3.30. The smallest absolute Gasteiger partial charge is 0.191 e. The van der Waals surface area contributed by atoms with Crippen LogP contribution in [0, 0.1) is 0 Å². The number of rotatable bonds is 5. The normalized spacial score (nSPS) is 23.6. The molecule has 27 heavy (non-hydrogen) atoms. The van der Waals surface area contributed by atoms with Crippen molar-refractivity contribution in [2.45, 2.75) is 44.1 Å². The Labute approximate surface area is 177 Å². The Morgan fingerprint density at radius 3 is 2.59 bits per heavy atom. The predicted molar refractivity (Wildman–Crippen MR) is 118 cm³/mol. The Morgan fingerprint density at radius 2 is 1.89 bits per heavy atom. The van der Waals surface area contributed by atoms with Gasteiger partial charge in [-0.3, -0.25) is 4.99 Å². The molecule has 0 radical (unpaired) electrons. The summed E-state index contributed by atoms with van der Waals surface area (Å²) in [7, 11) is 1.80. The first-order valence-corrected chi connectivity index (χ1v) is 9.25. The van der Waals surface area contributed by atoms with E-state index in [1.807, 2.05) is 48.5 Å². The van der Waals surface area contributed by atoms with E-state index in [4.69, 9.17) is 9.47 Å². The number of nitrogens with zero attached hydrogens (tertiary/aromatic N) is 1. The number of hydrogen-bond acceptors (Lipinski definition) is 3. The predicted octanol–water partition coefficient (Wildman–Crippen LogP) is 4.08. The number of ether oxygens (including phenoxy) is 2. The van der Waals surface area contributed by atoms with Gasteiger partial charge in [-0.2, -0.15) is 0 Å². The minimum absolute atomic E-state index is 0. The summed E-state index contributed by atoms with van der Waals surface area (Å²) in [6, 6.07) is 18.3. The minimum atomic E-state index is 0. The Bertz CT molecular complexity index is 769. The van der Waals surface area contributed by atoms with Crippen molar-refractivity contribution in [2.75, 3.05) is 7.05 Å². The SMILES string of the molecule is CN=C(NCc1ccccc1Oc1ccccc1)NC1CC2CCC1O2.I. The molecule has 2 heterocycles. The Hall–Kier alpha value is -1.80. The summed E-state index contributed by atoms with van der Waals surface area (Å²) in [6.07, 6.45) is 4.16. The summed E-state index contributed by atoms with van der Waals surface area (Å²) >= 11 is 0. The average molecular weight is 479 g/mol. The zero-order valence-electron chi connectivity index (χ0n) is 15.4. The fraction of sp³-hybridized carbons (Fsp3) is 0.381. The summed E-state index contributed by atoms with van der Waals surface area (Å²) in [5.41, 5.74) is 1.09. The van der Waals surface area contributed by atoms with Crippen molar-refractivity contribution in [2.24, 2.45) is 4.99 Å². The van der Waals surface area contributed by atoms with E-state index < -0.39 is 0 Å². The highest BCUT2D eigenvalue weighted by molar-refractivity contribution is 14.0. The summed E-state index contributed by atoms with van der Waals surface area (Å²) in [4.78, 5) is 4.36. The maximum Gasteiger partial charge on any atom is 0.191 e. The Morgan fingerprint density at radius 1 is 1.11 bits per heavy atom. The van der Waals surface area contributed by atoms with Crippen molar-refractivity contribution in [1.82, 2.24) is 10.6 Å². The zero-order valence-corrected chi connectivity index (χ0v) is 17.8. The molecule has 2 aromatic rings. The number of guanidine groups is 1. The third-order valence-corrected chi connectivity index (χ3v) is 5.04. The van der Waals surface area contributed by atoms with E-state index in [0.717, 1.165) is 35.9 Å². The molecule has 2 aliphatic heterocycles. The van der Waals surface area contributed by atoms with Crippen molar-refractivity contribution in [3.05, 3.63) is 60.2 Å². The molecule has 2 saturated heterocycles. The first-order valence-electron chi connectivity index (χ1n) is 9.25. The van der Waals surface area contributed by atoms with Crippen LogP contribution in [0.2, 0.25) is 0 Å². The number of hydrogen-bond donors (Lipinski definition) is 2. The molecule has 0 spiro atoms. The molecule has 3 unspecified atom stereocenters. The van der Waals surface area contributed by atoms with Crippen LogP contribution < -0.4 is 15.4 Å². The van der Waals surface area contributed by atoms with Gasteiger partial charge in [0.25, 0.3) is 0 Å². The molecule has 2 aromatic carbocycles. The van der Waals surface area contributed by atoms with Crippen LogP contribution in [0.3, 0.4) is 0 Å². The second-order valence-corrected chi connectivity index (χ2v) is 6.81. The van der Waals surface area contributed by atoms with Crippen molar-refractivity contribution in [3.63, 3.8) is 0 Å². The summed E-state index contributed by atoms with van der Waals surface area (Å²) < 4.78 is 11.9. The van der Waals surface area contributed by atoms with Gasteiger partial charge in [0.1, 0.15) is 11.5 Å². The van der Waals surface area contributed by atoms with Crippen LogP contribution in [-0.4, -0.2) is 31.3 Å². The molecule has 2 fully saturated rings. The molecule has 2 bridgehead atoms. The second-order valence-electron chi connectivity index (χ2n) is 6.81. The molecular formula is C21H26IN3O2. The molecule has 0 amide bonds. The summed E-state index contributed by atoms with van der Waals surface area (Å²) in [5.74, 6) is 2.49. The quantitative estimate of drug-likeness (QED) is 0.386. The van der Waals surface area contributed by atoms with Crippen molar-refractivity contribution in [1.29, 1.82) is 0 Å². The number of nitrogens with one attached hydrogen (secondary N) is 2. The van der Waals surface area contributed by atoms with E-state index >= 15 is 0 Å². The van der Waals surface area contributed by atoms with Crippen molar-refractivity contribution in [3.8, 4) is 11.5 Å². The van der Waals surface area contributed by atoms with Gasteiger partial charge in [0.15, 0.2) is 5.96 Å². The van der Waals surface area contributed by atoms with E-state index in [2.05, 4.69) is 21.7 Å². The molecule has 2 N–H and O–H groups in total. The van der Waals surface area contributed by atoms with Gasteiger partial charge in [-0.15, -0.1) is 24.0 Å². The van der Waals surface area contributed by atoms with Crippen molar-refractivity contribution >= 4 is 29.9 Å². The van der Waals surface area contributed by atoms with Crippen LogP contribution in [0.1, 0.15) is 24.8 Å². The van der Waals surface area contributed by atoms with E-state index in [1.54, 1.807) is 7.05 Å². The fourth-order valence-corrected chi connectivity index (χ4v) is 3.70. The molecule has 0 aromatic heterocycles. The Balaban J connectivity index is 0.00000210. The van der Waals surface area contributed by atoms with Gasteiger partial charge in [-0.05, 0) is 37.5 Å². The highest BCUT2D eigenvalue weighted by Gasteiger charge is 2.41. The number of aliphatic imine (C=N–C) groups is 1. The first kappa shape index (κ1) is 19.9. The van der Waals surface area contributed by atoms with Crippen LogP contribution in [0.4, 0.5) is 0 Å². The van der Waals surface area contributed by atoms with Gasteiger partial charge in [-0.25, -0.2) is 0 Å². The molecule has 2 aliphatic rings. The number of fused-ring (bicyclic) bond motifs is 2. The molecule has 3 atom stereocenters. The largest absolute Gasteiger partial charge is 0.457 e. The minimum Gasteiger partial charge on any atom is -0.457 e. The molecular weight excluding hydrogens is 453 g/mol. The fourth-order valence-electron chi connectivity index (χ4n) is 3.70. The molecule has 5 nitrogen and oxygen atoms in total. The van der Waals surface area contributed by atoms with E-state index in [0.29, 0.717) is 24.8 Å². The van der Waals surface area contributed by atoms with Crippen LogP contribution in [0.15, 0.2) is 59.6 Å². The van der Waals surface area contributed by atoms with Crippen LogP contribution in [0.25, 0.3) is 0 Å². The first-order chi connectivity index (χ1) is 12.8. The zero-order chi connectivity index (χ0) is 17.8. The summed E-state index contributed by atoms with van der Waals surface area (Å²) in [6.45, 7) is 0.643. The van der Waals surface area contributed by atoms with E-state index in [9.17, 15) is 0 Å². The summed E-state index contributed by atoms with van der Waals surface area (Å²) in [5, 5.41) is 6.91. The molecule has 6 heteroatoms. The van der Waals surface area contributed by atoms with Gasteiger partial charge < -0.3 is 20.1 Å². The lowest BCUT2D eigenvalue weighted by Gasteiger charge is -2.23. The van der Waals surface area contributed by atoms with Gasteiger partial charge in [0.2, 0.25) is 0 Å². The third kappa shape index (κ3) is 4.93. The third-order valence-electron chi connectivity index (χ3n) is 5.04. The Kier molecular flexibility index (Phi) is 6.95. The standard InChI is InChI=1S/C21H25N3O2.HI/c1-22-21(24-18-13-17-11-12-20(18)26-17)23-14-15-7-5-6-10-19(15)25-16-8-3-2-4-9-16;/h2-10,17-18,20H,11-14H2,1H3,(H2,22,23,24);1H. The van der Waals surface area contributed by atoms with Gasteiger partial charge in [-0.1, -0.05) is 36.4 Å². The molecule has 0 saturated carbocycles. The number of benzene rings is 2. The van der Waals surface area contributed by atoms with Crippen LogP contribution in [-0.2, 0) is 11.3 Å². The molecule has 144 valence electrons. The molecule has 4 rings (SSSR count). The van der Waals surface area contributed by atoms with E-state index in [-0.39, 0.29) is 24.0 Å². The monoisotopic (exact) mass is 479 g/mol. The van der Waals surface area contributed by atoms with Gasteiger partial charge >= 0.3 is 0 Å². The highest BCUT2D eigenvalue weighted by Crippen LogP contribution is 2.34. The topological polar surface area (TPSA) is 54.9 Å². The lowest BCUT2D eigenvalue weighted by molar-refractivity contribution is 0.0992. The second kappa shape index (κ2) is 9.41. The maximum atomic E-state index is 6.03. The lowest BCUT2D eigenvalue weighted by atomic mass is 9.96. The van der Waals surface area contributed by atoms with Gasteiger partial charge in [0.05, 0.1) is 18.2 Å². The maximum absolute atomic E-state index is 6.03. The highest BCUT2D eigenvalue weighted by atomic mass is 127. The molecule has 0 aliphatic carbocycles. The number of halogens is 1. The number of para-hydroxylation sites is 2. The van der Waals surface area contributed by atoms with Gasteiger partial charge in [0, 0.05) is 19.2 Å². The van der Waals surface area contributed by atoms with Crippen molar-refractivity contribution < 1.29 is 9.47 Å².